The van der Waals surface area contributed by atoms with E-state index in [1.54, 1.807) is 0 Å². The summed E-state index contributed by atoms with van der Waals surface area (Å²) in [5.41, 5.74) is 1.09. The van der Waals surface area contributed by atoms with Crippen LogP contribution in [0.5, 0.6) is 0 Å². The molecule has 2 nitrogen and oxygen atoms in total. The number of hydrogen-bond donors (Lipinski definition) is 0. The molecule has 1 heterocycles. The van der Waals surface area contributed by atoms with E-state index < -0.39 is 8.07 Å². The molecule has 0 saturated carbocycles. The van der Waals surface area contributed by atoms with Gasteiger partial charge in [0, 0.05) is 5.20 Å². The Hall–Kier alpha value is -1.35. The van der Waals surface area contributed by atoms with E-state index in [1.807, 2.05) is 30.3 Å². The maximum atomic E-state index is 12.2. The number of ether oxygens (including phenoxy) is 1. The Labute approximate surface area is 110 Å². The van der Waals surface area contributed by atoms with Gasteiger partial charge in [0.25, 0.3) is 0 Å². The quantitative estimate of drug-likeness (QED) is 0.596. The Morgan fingerprint density at radius 1 is 1.17 bits per heavy atom. The molecule has 0 fully saturated rings. The minimum Gasteiger partial charge on any atom is -0.454 e. The van der Waals surface area contributed by atoms with Gasteiger partial charge in [-0.2, -0.15) is 0 Å². The molecule has 1 aromatic carbocycles. The lowest BCUT2D eigenvalue weighted by atomic mass is 10.1. The van der Waals surface area contributed by atoms with Crippen LogP contribution >= 0.6 is 0 Å². The topological polar surface area (TPSA) is 26.3 Å². The molecule has 1 unspecified atom stereocenters. The second kappa shape index (κ2) is 5.10. The fourth-order valence-electron chi connectivity index (χ4n) is 2.23. The summed E-state index contributed by atoms with van der Waals surface area (Å²) < 4.78 is 5.66. The zero-order valence-electron chi connectivity index (χ0n) is 11.3. The Bertz CT molecular complexity index is 457. The smallest absolute Gasteiger partial charge is 0.330 e. The molecule has 0 spiro atoms. The van der Waals surface area contributed by atoms with Crippen LogP contribution < -0.4 is 0 Å². The zero-order valence-corrected chi connectivity index (χ0v) is 12.3. The Morgan fingerprint density at radius 3 is 2.44 bits per heavy atom. The molecular weight excluding hydrogens is 240 g/mol. The molecule has 1 aliphatic rings. The summed E-state index contributed by atoms with van der Waals surface area (Å²) in [4.78, 5) is 12.2. The van der Waals surface area contributed by atoms with Crippen LogP contribution in [-0.2, 0) is 9.53 Å². The number of allylic oxidation sites excluding steroid dienone is 1. The third-order valence-corrected chi connectivity index (χ3v) is 5.25. The van der Waals surface area contributed by atoms with Crippen LogP contribution in [-0.4, -0.2) is 14.0 Å². The molecule has 0 saturated heterocycles. The summed E-state index contributed by atoms with van der Waals surface area (Å²) in [5.74, 6) is -0.111. The molecule has 1 aliphatic heterocycles. The number of benzene rings is 1. The summed E-state index contributed by atoms with van der Waals surface area (Å²) in [6.07, 6.45) is 3.80. The fourth-order valence-corrected chi connectivity index (χ4v) is 3.66. The Kier molecular flexibility index (Phi) is 3.71. The van der Waals surface area contributed by atoms with Crippen molar-refractivity contribution in [1.29, 1.82) is 0 Å². The molecule has 0 aliphatic carbocycles. The van der Waals surface area contributed by atoms with Gasteiger partial charge in [0.1, 0.15) is 6.10 Å². The predicted octanol–water partition coefficient (Wildman–Crippen LogP) is 3.87. The van der Waals surface area contributed by atoms with Crippen LogP contribution in [0.1, 0.15) is 24.5 Å². The Morgan fingerprint density at radius 2 is 1.83 bits per heavy atom. The first-order valence-corrected chi connectivity index (χ1v) is 9.95. The van der Waals surface area contributed by atoms with Gasteiger partial charge in [0.15, 0.2) is 0 Å². The first-order valence-electron chi connectivity index (χ1n) is 6.45. The van der Waals surface area contributed by atoms with E-state index in [1.165, 1.54) is 0 Å². The summed E-state index contributed by atoms with van der Waals surface area (Å²) in [6.45, 7) is 6.55. The number of hydrogen-bond acceptors (Lipinski definition) is 2. The highest BCUT2D eigenvalue weighted by Gasteiger charge is 2.30. The van der Waals surface area contributed by atoms with Gasteiger partial charge in [0.2, 0.25) is 0 Å². The van der Waals surface area contributed by atoms with Crippen LogP contribution in [0.4, 0.5) is 0 Å². The maximum Gasteiger partial charge on any atom is 0.330 e. The van der Waals surface area contributed by atoms with Crippen LogP contribution in [0.2, 0.25) is 19.6 Å². The maximum absolute atomic E-state index is 12.2. The van der Waals surface area contributed by atoms with Crippen molar-refractivity contribution < 1.29 is 9.53 Å². The molecule has 3 heteroatoms. The summed E-state index contributed by atoms with van der Waals surface area (Å²) in [5, 5.41) is 0.931. The predicted molar refractivity (Wildman–Crippen MR) is 75.9 cm³/mol. The second-order valence-electron chi connectivity index (χ2n) is 5.75. The molecule has 0 N–H and O–H groups in total. The highest BCUT2D eigenvalue weighted by molar-refractivity contribution is 6.87. The van der Waals surface area contributed by atoms with Gasteiger partial charge in [-0.1, -0.05) is 56.0 Å². The van der Waals surface area contributed by atoms with E-state index in [0.29, 0.717) is 0 Å². The van der Waals surface area contributed by atoms with E-state index in [9.17, 15) is 4.79 Å². The van der Waals surface area contributed by atoms with Crippen molar-refractivity contribution in [3.8, 4) is 0 Å². The lowest BCUT2D eigenvalue weighted by molar-refractivity contribution is -0.143. The molecule has 0 bridgehead atoms. The van der Waals surface area contributed by atoms with Gasteiger partial charge in [-0.25, -0.2) is 4.79 Å². The first-order chi connectivity index (χ1) is 8.48. The van der Waals surface area contributed by atoms with Crippen molar-refractivity contribution in [3.63, 3.8) is 0 Å². The second-order valence-corrected chi connectivity index (χ2v) is 10.8. The van der Waals surface area contributed by atoms with Crippen molar-refractivity contribution in [2.45, 2.75) is 38.6 Å². The molecule has 96 valence electrons. The van der Waals surface area contributed by atoms with Crippen LogP contribution in [0.15, 0.2) is 41.6 Å². The number of carbonyl (C=O) groups excluding carboxylic acids is 1. The molecule has 0 amide bonds. The number of cyclic esters (lactones) is 1. The summed E-state index contributed by atoms with van der Waals surface area (Å²) >= 11 is 0. The molecule has 0 aromatic heterocycles. The highest BCUT2D eigenvalue weighted by Crippen LogP contribution is 2.30. The van der Waals surface area contributed by atoms with Crippen molar-refractivity contribution >= 4 is 14.0 Å². The van der Waals surface area contributed by atoms with Gasteiger partial charge >= 0.3 is 5.97 Å². The lowest BCUT2D eigenvalue weighted by Gasteiger charge is -2.20. The van der Waals surface area contributed by atoms with Crippen molar-refractivity contribution in [1.82, 2.24) is 0 Å². The molecule has 18 heavy (non-hydrogen) atoms. The summed E-state index contributed by atoms with van der Waals surface area (Å²) in [7, 11) is -1.60. The Balaban J connectivity index is 2.18. The molecule has 1 aromatic rings. The SMILES string of the molecule is C[Si](C)(C)C1=CCCC(c2ccccc2)OC1=O. The van der Waals surface area contributed by atoms with Crippen molar-refractivity contribution in [2.75, 3.05) is 0 Å². The van der Waals surface area contributed by atoms with Gasteiger partial charge in [0.05, 0.1) is 8.07 Å². The largest absolute Gasteiger partial charge is 0.454 e. The monoisotopic (exact) mass is 260 g/mol. The van der Waals surface area contributed by atoms with Gasteiger partial charge in [-0.3, -0.25) is 0 Å². The van der Waals surface area contributed by atoms with E-state index >= 15 is 0 Å². The minimum atomic E-state index is -1.60. The summed E-state index contributed by atoms with van der Waals surface area (Å²) in [6, 6.07) is 10.0. The van der Waals surface area contributed by atoms with Crippen LogP contribution in [0.3, 0.4) is 0 Å². The molecule has 0 radical (unpaired) electrons. The first kappa shape index (κ1) is 13.1. The fraction of sp³-hybridized carbons (Fsp3) is 0.400. The molecular formula is C15H20O2Si. The van der Waals surface area contributed by atoms with Gasteiger partial charge in [-0.05, 0) is 18.4 Å². The molecule has 2 rings (SSSR count). The normalized spacial score (nSPS) is 20.9. The van der Waals surface area contributed by atoms with Crippen LogP contribution in [0.25, 0.3) is 0 Å². The van der Waals surface area contributed by atoms with Crippen molar-refractivity contribution in [2.24, 2.45) is 0 Å². The number of rotatable bonds is 2. The average Bonchev–Trinajstić information content (AvgIpc) is 2.51. The van der Waals surface area contributed by atoms with E-state index in [2.05, 4.69) is 25.7 Å². The zero-order chi connectivity index (χ0) is 13.2. The van der Waals surface area contributed by atoms with Gasteiger partial charge in [-0.15, -0.1) is 0 Å². The minimum absolute atomic E-state index is 0.0937. The van der Waals surface area contributed by atoms with Crippen LogP contribution in [0, 0.1) is 0 Å². The number of carbonyl (C=O) groups is 1. The molecule has 1 atom stereocenters. The third kappa shape index (κ3) is 2.90. The highest BCUT2D eigenvalue weighted by atomic mass is 28.3. The average molecular weight is 260 g/mol. The lowest BCUT2D eigenvalue weighted by Crippen LogP contribution is -2.30. The third-order valence-electron chi connectivity index (χ3n) is 3.23. The van der Waals surface area contributed by atoms with E-state index in [0.717, 1.165) is 23.6 Å². The number of esters is 1. The van der Waals surface area contributed by atoms with E-state index in [4.69, 9.17) is 4.74 Å². The van der Waals surface area contributed by atoms with Gasteiger partial charge < -0.3 is 4.74 Å². The van der Waals surface area contributed by atoms with Crippen molar-refractivity contribution in [3.05, 3.63) is 47.2 Å². The standard InChI is InChI=1S/C15H20O2Si/c1-18(2,3)14-11-7-10-13(17-15(14)16)12-8-5-4-6-9-12/h4-6,8-9,11,13H,7,10H2,1-3H3. The van der Waals surface area contributed by atoms with E-state index in [-0.39, 0.29) is 12.1 Å².